The first kappa shape index (κ1) is 18.4. The second-order valence-electron chi connectivity index (χ2n) is 6.35. The van der Waals surface area contributed by atoms with Crippen molar-refractivity contribution in [1.82, 2.24) is 0 Å². The molecule has 1 aromatic rings. The number of carbonyl (C=O) groups excluding carboxylic acids is 1. The lowest BCUT2D eigenvalue weighted by molar-refractivity contribution is 0.111. The van der Waals surface area contributed by atoms with E-state index in [2.05, 4.69) is 57.5 Å². The van der Waals surface area contributed by atoms with Gasteiger partial charge in [0.25, 0.3) is 8.32 Å². The van der Waals surface area contributed by atoms with Crippen molar-refractivity contribution in [2.45, 2.75) is 58.2 Å². The SMILES string of the molecule is CC(C)[Si](Oc1cc(Br)c(F)c(C=O)c1)(C(C)C)C(C)C. The van der Waals surface area contributed by atoms with E-state index in [1.807, 2.05) is 0 Å². The minimum absolute atomic E-state index is 0.0264. The van der Waals surface area contributed by atoms with Crippen molar-refractivity contribution in [3.05, 3.63) is 28.0 Å². The van der Waals surface area contributed by atoms with Crippen LogP contribution in [0.1, 0.15) is 51.9 Å². The summed E-state index contributed by atoms with van der Waals surface area (Å²) in [5.41, 5.74) is 1.28. The van der Waals surface area contributed by atoms with E-state index in [9.17, 15) is 9.18 Å². The van der Waals surface area contributed by atoms with Gasteiger partial charge in [-0.25, -0.2) is 4.39 Å². The summed E-state index contributed by atoms with van der Waals surface area (Å²) in [4.78, 5) is 11.0. The number of carbonyl (C=O) groups is 1. The minimum Gasteiger partial charge on any atom is -0.543 e. The van der Waals surface area contributed by atoms with Gasteiger partial charge in [-0.15, -0.1) is 0 Å². The molecule has 0 atom stereocenters. The highest BCUT2D eigenvalue weighted by atomic mass is 79.9. The molecule has 0 unspecified atom stereocenters. The number of rotatable bonds is 6. The molecule has 0 aromatic heterocycles. The Bertz CT molecular complexity index is 493. The van der Waals surface area contributed by atoms with Crippen LogP contribution in [0.3, 0.4) is 0 Å². The van der Waals surface area contributed by atoms with Crippen LogP contribution in [0.25, 0.3) is 0 Å². The van der Waals surface area contributed by atoms with Crippen LogP contribution in [0.15, 0.2) is 16.6 Å². The van der Waals surface area contributed by atoms with Crippen molar-refractivity contribution in [3.8, 4) is 5.75 Å². The molecule has 21 heavy (non-hydrogen) atoms. The number of hydrogen-bond acceptors (Lipinski definition) is 2. The lowest BCUT2D eigenvalue weighted by Crippen LogP contribution is -2.50. The van der Waals surface area contributed by atoms with E-state index in [1.54, 1.807) is 6.07 Å². The quantitative estimate of drug-likeness (QED) is 0.453. The predicted octanol–water partition coefficient (Wildman–Crippen LogP) is 5.96. The average molecular weight is 375 g/mol. The molecule has 1 rings (SSSR count). The highest BCUT2D eigenvalue weighted by molar-refractivity contribution is 9.10. The predicted molar refractivity (Wildman–Crippen MR) is 91.2 cm³/mol. The third-order valence-electron chi connectivity index (χ3n) is 4.16. The van der Waals surface area contributed by atoms with Crippen LogP contribution in [0.2, 0.25) is 16.6 Å². The van der Waals surface area contributed by atoms with E-state index in [4.69, 9.17) is 4.43 Å². The average Bonchev–Trinajstić information content (AvgIpc) is 2.38. The molecule has 5 heteroatoms. The maximum absolute atomic E-state index is 13.8. The smallest absolute Gasteiger partial charge is 0.258 e. The molecule has 1 aromatic carbocycles. The fourth-order valence-corrected chi connectivity index (χ4v) is 8.97. The lowest BCUT2D eigenvalue weighted by atomic mass is 10.2. The van der Waals surface area contributed by atoms with Gasteiger partial charge in [0.05, 0.1) is 10.0 Å². The molecule has 0 aliphatic carbocycles. The largest absolute Gasteiger partial charge is 0.543 e. The van der Waals surface area contributed by atoms with Gasteiger partial charge in [0.15, 0.2) is 6.29 Å². The number of benzene rings is 1. The van der Waals surface area contributed by atoms with Crippen LogP contribution in [0.4, 0.5) is 4.39 Å². The van der Waals surface area contributed by atoms with Gasteiger partial charge in [0, 0.05) is 0 Å². The van der Waals surface area contributed by atoms with E-state index in [0.29, 0.717) is 28.7 Å². The van der Waals surface area contributed by atoms with Crippen molar-refractivity contribution in [2.24, 2.45) is 0 Å². The molecule has 0 spiro atoms. The Hall–Kier alpha value is -0.683. The van der Waals surface area contributed by atoms with Crippen LogP contribution in [0.5, 0.6) is 5.75 Å². The molecule has 0 saturated carbocycles. The molecule has 118 valence electrons. The summed E-state index contributed by atoms with van der Waals surface area (Å²) in [5.74, 6) is 0.0383. The number of halogens is 2. The molecular weight excluding hydrogens is 351 g/mol. The lowest BCUT2D eigenvalue weighted by Gasteiger charge is -2.42. The van der Waals surface area contributed by atoms with Crippen molar-refractivity contribution in [1.29, 1.82) is 0 Å². The van der Waals surface area contributed by atoms with E-state index >= 15 is 0 Å². The van der Waals surface area contributed by atoms with Crippen LogP contribution in [-0.4, -0.2) is 14.6 Å². The van der Waals surface area contributed by atoms with Crippen molar-refractivity contribution < 1.29 is 13.6 Å². The topological polar surface area (TPSA) is 26.3 Å². The summed E-state index contributed by atoms with van der Waals surface area (Å²) in [5, 5.41) is 0. The van der Waals surface area contributed by atoms with Crippen LogP contribution < -0.4 is 4.43 Å². The molecule has 0 radical (unpaired) electrons. The highest BCUT2D eigenvalue weighted by Crippen LogP contribution is 2.43. The van der Waals surface area contributed by atoms with Crippen LogP contribution in [0, 0.1) is 5.82 Å². The monoisotopic (exact) mass is 374 g/mol. The summed E-state index contributed by atoms with van der Waals surface area (Å²) in [6.07, 6.45) is 0.524. The van der Waals surface area contributed by atoms with Gasteiger partial charge in [-0.2, -0.15) is 0 Å². The molecule has 0 fully saturated rings. The van der Waals surface area contributed by atoms with Gasteiger partial charge in [0.1, 0.15) is 11.6 Å². The zero-order chi connectivity index (χ0) is 16.4. The van der Waals surface area contributed by atoms with E-state index in [0.717, 1.165) is 0 Å². The molecule has 0 saturated heterocycles. The Morgan fingerprint density at radius 2 is 1.57 bits per heavy atom. The van der Waals surface area contributed by atoms with E-state index in [1.165, 1.54) is 6.07 Å². The van der Waals surface area contributed by atoms with Gasteiger partial charge in [-0.05, 0) is 44.7 Å². The molecule has 0 aliphatic rings. The standard InChI is InChI=1S/C16H24BrFO2Si/c1-10(2)21(11(3)4,12(5)6)20-14-7-13(9-19)16(18)15(17)8-14/h7-12H,1-6H3. The molecule has 0 amide bonds. The summed E-state index contributed by atoms with van der Waals surface area (Å²) in [6.45, 7) is 13.1. The third-order valence-corrected chi connectivity index (χ3v) is 10.7. The third kappa shape index (κ3) is 3.56. The van der Waals surface area contributed by atoms with Crippen LogP contribution in [-0.2, 0) is 0 Å². The van der Waals surface area contributed by atoms with Gasteiger partial charge in [0.2, 0.25) is 0 Å². The zero-order valence-corrected chi connectivity index (χ0v) is 16.1. The summed E-state index contributed by atoms with van der Waals surface area (Å²) >= 11 is 3.16. The fraction of sp³-hybridized carbons (Fsp3) is 0.562. The van der Waals surface area contributed by atoms with Gasteiger partial charge >= 0.3 is 0 Å². The first-order chi connectivity index (χ1) is 9.66. The van der Waals surface area contributed by atoms with Crippen molar-refractivity contribution in [2.75, 3.05) is 0 Å². The summed E-state index contributed by atoms with van der Waals surface area (Å²) in [6, 6.07) is 3.12. The zero-order valence-electron chi connectivity index (χ0n) is 13.5. The Kier molecular flexibility index (Phi) is 6.17. The molecular formula is C16H24BrFO2Si. The van der Waals surface area contributed by atoms with Gasteiger partial charge in [-0.3, -0.25) is 4.79 Å². The first-order valence-electron chi connectivity index (χ1n) is 7.30. The van der Waals surface area contributed by atoms with Crippen molar-refractivity contribution >= 4 is 30.5 Å². The molecule has 0 bridgehead atoms. The first-order valence-corrected chi connectivity index (χ1v) is 10.2. The van der Waals surface area contributed by atoms with Gasteiger partial charge in [-0.1, -0.05) is 41.5 Å². The molecule has 0 N–H and O–H groups in total. The Labute approximate surface area is 136 Å². The van der Waals surface area contributed by atoms with E-state index < -0.39 is 14.1 Å². The van der Waals surface area contributed by atoms with Crippen LogP contribution >= 0.6 is 15.9 Å². The molecule has 0 aliphatic heterocycles. The van der Waals surface area contributed by atoms with Crippen molar-refractivity contribution in [3.63, 3.8) is 0 Å². The Morgan fingerprint density at radius 3 is 1.95 bits per heavy atom. The highest BCUT2D eigenvalue weighted by Gasteiger charge is 2.47. The Morgan fingerprint density at radius 1 is 1.10 bits per heavy atom. The second-order valence-corrected chi connectivity index (χ2v) is 12.6. The van der Waals surface area contributed by atoms with E-state index in [-0.39, 0.29) is 10.0 Å². The fourth-order valence-electron chi connectivity index (χ4n) is 3.29. The second kappa shape index (κ2) is 7.05. The summed E-state index contributed by atoms with van der Waals surface area (Å²) in [7, 11) is -2.10. The normalized spacial score (nSPS) is 12.3. The maximum atomic E-state index is 13.8. The Balaban J connectivity index is 3.34. The number of hydrogen-bond donors (Lipinski definition) is 0. The van der Waals surface area contributed by atoms with Gasteiger partial charge < -0.3 is 4.43 Å². The maximum Gasteiger partial charge on any atom is 0.258 e. The molecule has 2 nitrogen and oxygen atoms in total. The summed E-state index contributed by atoms with van der Waals surface area (Å²) < 4.78 is 20.5. The molecule has 0 heterocycles. The minimum atomic E-state index is -2.10. The number of aldehydes is 1.